The minimum Gasteiger partial charge on any atom is -0.244 e. The first-order valence-corrected chi connectivity index (χ1v) is 6.72. The summed E-state index contributed by atoms with van der Waals surface area (Å²) in [6, 6.07) is 18.9. The lowest BCUT2D eigenvalue weighted by Gasteiger charge is -2.07. The van der Waals surface area contributed by atoms with Gasteiger partial charge in [-0.05, 0) is 27.6 Å². The second kappa shape index (κ2) is 4.83. The van der Waals surface area contributed by atoms with Gasteiger partial charge in [0.05, 0.1) is 0 Å². The lowest BCUT2D eigenvalue weighted by Crippen LogP contribution is -1.88. The molecule has 21 heavy (non-hydrogen) atoms. The SMILES string of the molecule is C(=Nc1ncn[nH]1)c1c2ccccc2cc2ccccc12. The molecular formula is C17H12N4. The van der Waals surface area contributed by atoms with E-state index in [-0.39, 0.29) is 0 Å². The van der Waals surface area contributed by atoms with Crippen molar-refractivity contribution in [3.05, 3.63) is 66.5 Å². The highest BCUT2D eigenvalue weighted by Gasteiger charge is 2.05. The maximum absolute atomic E-state index is 4.38. The van der Waals surface area contributed by atoms with E-state index in [0.717, 1.165) is 5.56 Å². The molecular weight excluding hydrogens is 260 g/mol. The zero-order valence-corrected chi connectivity index (χ0v) is 11.2. The lowest BCUT2D eigenvalue weighted by molar-refractivity contribution is 1.08. The molecule has 1 N–H and O–H groups in total. The number of H-pyrrole nitrogens is 1. The zero-order valence-electron chi connectivity index (χ0n) is 11.2. The summed E-state index contributed by atoms with van der Waals surface area (Å²) in [6.07, 6.45) is 3.30. The molecule has 4 rings (SSSR count). The van der Waals surface area contributed by atoms with E-state index >= 15 is 0 Å². The fourth-order valence-electron chi connectivity index (χ4n) is 2.57. The minimum atomic E-state index is 0.506. The van der Waals surface area contributed by atoms with Gasteiger partial charge in [-0.25, -0.2) is 10.1 Å². The Labute approximate surface area is 121 Å². The van der Waals surface area contributed by atoms with Crippen molar-refractivity contribution in [3.8, 4) is 0 Å². The molecule has 100 valence electrons. The molecule has 0 aliphatic rings. The summed E-state index contributed by atoms with van der Waals surface area (Å²) in [5, 5.41) is 11.3. The number of aromatic nitrogens is 3. The molecule has 1 heterocycles. The average Bonchev–Trinajstić information content (AvgIpc) is 3.05. The van der Waals surface area contributed by atoms with Crippen molar-refractivity contribution < 1.29 is 0 Å². The van der Waals surface area contributed by atoms with Crippen molar-refractivity contribution in [1.82, 2.24) is 15.2 Å². The Balaban J connectivity index is 2.02. The molecule has 0 saturated carbocycles. The molecule has 4 nitrogen and oxygen atoms in total. The molecule has 0 amide bonds. The Morgan fingerprint density at radius 2 is 1.57 bits per heavy atom. The standard InChI is InChI=1S/C17H12N4/c1-3-7-14-12(5-1)9-13-6-2-4-8-15(13)16(14)10-18-17-19-11-20-21-17/h1-11H,(H,19,20,21). The zero-order chi connectivity index (χ0) is 14.1. The average molecular weight is 272 g/mol. The highest BCUT2D eigenvalue weighted by Crippen LogP contribution is 2.27. The Morgan fingerprint density at radius 3 is 2.19 bits per heavy atom. The molecule has 4 heteroatoms. The quantitative estimate of drug-likeness (QED) is 0.445. The van der Waals surface area contributed by atoms with E-state index in [9.17, 15) is 0 Å². The molecule has 0 aliphatic carbocycles. The summed E-state index contributed by atoms with van der Waals surface area (Å²) in [5.41, 5.74) is 1.10. The Bertz CT molecular complexity index is 886. The van der Waals surface area contributed by atoms with Gasteiger partial charge in [0.1, 0.15) is 6.33 Å². The Hall–Kier alpha value is -3.01. The van der Waals surface area contributed by atoms with E-state index in [0.29, 0.717) is 5.95 Å². The predicted octanol–water partition coefficient (Wildman–Crippen LogP) is 3.86. The number of hydrogen-bond donors (Lipinski definition) is 1. The monoisotopic (exact) mass is 272 g/mol. The smallest absolute Gasteiger partial charge is 0.244 e. The van der Waals surface area contributed by atoms with Gasteiger partial charge in [-0.2, -0.15) is 10.1 Å². The first kappa shape index (κ1) is 11.8. The lowest BCUT2D eigenvalue weighted by atomic mass is 9.97. The molecule has 4 aromatic rings. The Morgan fingerprint density at radius 1 is 0.905 bits per heavy atom. The second-order valence-electron chi connectivity index (χ2n) is 4.80. The van der Waals surface area contributed by atoms with Crippen LogP contribution in [0.25, 0.3) is 21.5 Å². The van der Waals surface area contributed by atoms with E-state index in [2.05, 4.69) is 62.6 Å². The largest absolute Gasteiger partial charge is 0.245 e. The van der Waals surface area contributed by atoms with E-state index in [1.807, 2.05) is 18.3 Å². The van der Waals surface area contributed by atoms with Gasteiger partial charge in [0.25, 0.3) is 0 Å². The predicted molar refractivity (Wildman–Crippen MR) is 85.1 cm³/mol. The highest BCUT2D eigenvalue weighted by molar-refractivity contribution is 6.13. The molecule has 0 unspecified atom stereocenters. The maximum Gasteiger partial charge on any atom is 0.245 e. The van der Waals surface area contributed by atoms with E-state index in [1.54, 1.807) is 0 Å². The third kappa shape index (κ3) is 2.07. The van der Waals surface area contributed by atoms with Crippen LogP contribution in [0.15, 0.2) is 65.9 Å². The summed E-state index contributed by atoms with van der Waals surface area (Å²) < 4.78 is 0. The van der Waals surface area contributed by atoms with E-state index in [1.165, 1.54) is 27.9 Å². The van der Waals surface area contributed by atoms with Gasteiger partial charge in [0, 0.05) is 11.8 Å². The Kier molecular flexibility index (Phi) is 2.71. The van der Waals surface area contributed by atoms with Gasteiger partial charge in [-0.15, -0.1) is 0 Å². The van der Waals surface area contributed by atoms with Crippen LogP contribution in [-0.4, -0.2) is 21.4 Å². The molecule has 0 atom stereocenters. The number of nitrogens with one attached hydrogen (secondary N) is 1. The number of aliphatic imine (C=N–C) groups is 1. The summed E-state index contributed by atoms with van der Waals surface area (Å²) in [7, 11) is 0. The number of aromatic amines is 1. The van der Waals surface area contributed by atoms with Crippen LogP contribution in [0.1, 0.15) is 5.56 Å². The summed E-state index contributed by atoms with van der Waals surface area (Å²) in [4.78, 5) is 8.41. The number of rotatable bonds is 2. The van der Waals surface area contributed by atoms with Crippen LogP contribution in [0.2, 0.25) is 0 Å². The summed E-state index contributed by atoms with van der Waals surface area (Å²) >= 11 is 0. The van der Waals surface area contributed by atoms with Crippen molar-refractivity contribution in [2.45, 2.75) is 0 Å². The van der Waals surface area contributed by atoms with Crippen molar-refractivity contribution >= 4 is 33.7 Å². The highest BCUT2D eigenvalue weighted by atomic mass is 15.2. The third-order valence-corrected chi connectivity index (χ3v) is 3.53. The van der Waals surface area contributed by atoms with Gasteiger partial charge in [0.2, 0.25) is 5.95 Å². The van der Waals surface area contributed by atoms with Gasteiger partial charge in [-0.3, -0.25) is 0 Å². The molecule has 0 bridgehead atoms. The van der Waals surface area contributed by atoms with Crippen LogP contribution in [-0.2, 0) is 0 Å². The fraction of sp³-hybridized carbons (Fsp3) is 0. The number of benzene rings is 3. The van der Waals surface area contributed by atoms with Gasteiger partial charge < -0.3 is 0 Å². The number of nitrogens with zero attached hydrogens (tertiary/aromatic N) is 3. The van der Waals surface area contributed by atoms with E-state index < -0.39 is 0 Å². The van der Waals surface area contributed by atoms with Crippen LogP contribution in [0, 0.1) is 0 Å². The van der Waals surface area contributed by atoms with E-state index in [4.69, 9.17) is 0 Å². The summed E-state index contributed by atoms with van der Waals surface area (Å²) in [5.74, 6) is 0.506. The number of hydrogen-bond acceptors (Lipinski definition) is 3. The molecule has 0 fully saturated rings. The molecule has 3 aromatic carbocycles. The van der Waals surface area contributed by atoms with Crippen molar-refractivity contribution in [2.24, 2.45) is 4.99 Å². The van der Waals surface area contributed by atoms with Crippen molar-refractivity contribution in [2.75, 3.05) is 0 Å². The second-order valence-corrected chi connectivity index (χ2v) is 4.80. The molecule has 1 aromatic heterocycles. The van der Waals surface area contributed by atoms with Crippen molar-refractivity contribution in [3.63, 3.8) is 0 Å². The minimum absolute atomic E-state index is 0.506. The van der Waals surface area contributed by atoms with Crippen LogP contribution < -0.4 is 0 Å². The van der Waals surface area contributed by atoms with Gasteiger partial charge in [-0.1, -0.05) is 48.5 Å². The van der Waals surface area contributed by atoms with Crippen LogP contribution in [0.5, 0.6) is 0 Å². The normalized spacial score (nSPS) is 11.6. The topological polar surface area (TPSA) is 53.9 Å². The molecule has 0 radical (unpaired) electrons. The molecule has 0 spiro atoms. The van der Waals surface area contributed by atoms with Crippen molar-refractivity contribution in [1.29, 1.82) is 0 Å². The first-order valence-electron chi connectivity index (χ1n) is 6.72. The molecule has 0 aliphatic heterocycles. The number of fused-ring (bicyclic) bond motifs is 2. The van der Waals surface area contributed by atoms with Gasteiger partial charge >= 0.3 is 0 Å². The van der Waals surface area contributed by atoms with Gasteiger partial charge in [0.15, 0.2) is 0 Å². The molecule has 0 saturated heterocycles. The third-order valence-electron chi connectivity index (χ3n) is 3.53. The maximum atomic E-state index is 4.38. The summed E-state index contributed by atoms with van der Waals surface area (Å²) in [6.45, 7) is 0. The van der Waals surface area contributed by atoms with Crippen LogP contribution in [0.4, 0.5) is 5.95 Å². The fourth-order valence-corrected chi connectivity index (χ4v) is 2.57. The van der Waals surface area contributed by atoms with Crippen LogP contribution in [0.3, 0.4) is 0 Å². The van der Waals surface area contributed by atoms with Crippen LogP contribution >= 0.6 is 0 Å². The first-order chi connectivity index (χ1) is 10.4.